The Morgan fingerprint density at radius 3 is 2.39 bits per heavy atom. The minimum Gasteiger partial charge on any atom is -0.481 e. The molecule has 0 amide bonds. The summed E-state index contributed by atoms with van der Waals surface area (Å²) in [6.07, 6.45) is -5.05. The van der Waals surface area contributed by atoms with Crippen LogP contribution in [0.3, 0.4) is 0 Å². The number of benzene rings is 1. The van der Waals surface area contributed by atoms with Crippen LogP contribution in [0.1, 0.15) is 12.5 Å². The summed E-state index contributed by atoms with van der Waals surface area (Å²) in [5, 5.41) is 9.01. The Hall–Kier alpha value is -1.68. The van der Waals surface area contributed by atoms with E-state index < -0.39 is 56.8 Å². The van der Waals surface area contributed by atoms with E-state index in [0.29, 0.717) is 16.4 Å². The van der Waals surface area contributed by atoms with Gasteiger partial charge in [-0.3, -0.25) is 4.79 Å². The number of halogens is 4. The molecule has 1 aromatic rings. The number of rotatable bonds is 3. The molecule has 2 atom stereocenters. The van der Waals surface area contributed by atoms with Gasteiger partial charge in [-0.05, 0) is 24.1 Å². The third-order valence-corrected chi connectivity index (χ3v) is 5.65. The number of sulfonamides is 1. The van der Waals surface area contributed by atoms with Crippen LogP contribution in [0, 0.1) is 17.7 Å². The van der Waals surface area contributed by atoms with Crippen LogP contribution in [0.5, 0.6) is 0 Å². The summed E-state index contributed by atoms with van der Waals surface area (Å²) in [5.41, 5.74) is -1.61. The van der Waals surface area contributed by atoms with Gasteiger partial charge in [-0.2, -0.15) is 17.5 Å². The van der Waals surface area contributed by atoms with Gasteiger partial charge in [0.15, 0.2) is 0 Å². The lowest BCUT2D eigenvalue weighted by molar-refractivity contribution is -0.142. The van der Waals surface area contributed by atoms with Crippen LogP contribution in [0.25, 0.3) is 0 Å². The van der Waals surface area contributed by atoms with E-state index in [0.717, 1.165) is 0 Å². The number of nitrogens with zero attached hydrogens (tertiary/aromatic N) is 1. The first-order chi connectivity index (χ1) is 10.4. The summed E-state index contributed by atoms with van der Waals surface area (Å²) in [6.45, 7) is 0.866. The highest BCUT2D eigenvalue weighted by Crippen LogP contribution is 2.37. The topological polar surface area (TPSA) is 74.7 Å². The molecule has 5 nitrogen and oxygen atoms in total. The van der Waals surface area contributed by atoms with E-state index in [9.17, 15) is 30.8 Å². The summed E-state index contributed by atoms with van der Waals surface area (Å²) < 4.78 is 77.6. The molecule has 1 saturated heterocycles. The van der Waals surface area contributed by atoms with Gasteiger partial charge < -0.3 is 5.11 Å². The highest BCUT2D eigenvalue weighted by Gasteiger charge is 2.44. The lowest BCUT2D eigenvalue weighted by atomic mass is 9.99. The van der Waals surface area contributed by atoms with Crippen LogP contribution in [-0.4, -0.2) is 36.9 Å². The van der Waals surface area contributed by atoms with Crippen molar-refractivity contribution in [3.8, 4) is 0 Å². The van der Waals surface area contributed by atoms with Gasteiger partial charge in [-0.25, -0.2) is 12.8 Å². The van der Waals surface area contributed by atoms with Gasteiger partial charge in [-0.1, -0.05) is 6.92 Å². The Labute approximate surface area is 129 Å². The molecule has 0 bridgehead atoms. The van der Waals surface area contributed by atoms with Crippen LogP contribution in [0.15, 0.2) is 23.1 Å². The molecule has 1 N–H and O–H groups in total. The number of alkyl halides is 3. The minimum atomic E-state index is -5.05. The van der Waals surface area contributed by atoms with E-state index in [4.69, 9.17) is 5.11 Å². The molecule has 0 spiro atoms. The SMILES string of the molecule is C[C@@H]1CN(S(=O)(=O)c2ccc(F)cc2C(F)(F)F)C[C@H]1C(=O)O. The first-order valence-corrected chi connectivity index (χ1v) is 7.98. The third kappa shape index (κ3) is 3.32. The summed E-state index contributed by atoms with van der Waals surface area (Å²) in [6, 6.07) is 1.28. The van der Waals surface area contributed by atoms with Crippen molar-refractivity contribution in [2.24, 2.45) is 11.8 Å². The summed E-state index contributed by atoms with van der Waals surface area (Å²) in [4.78, 5) is 9.96. The fourth-order valence-corrected chi connectivity index (χ4v) is 4.29. The average Bonchev–Trinajstić information content (AvgIpc) is 2.80. The van der Waals surface area contributed by atoms with Crippen molar-refractivity contribution in [1.82, 2.24) is 4.31 Å². The number of carbonyl (C=O) groups is 1. The average molecular weight is 355 g/mol. The monoisotopic (exact) mass is 355 g/mol. The van der Waals surface area contributed by atoms with Gasteiger partial charge >= 0.3 is 12.1 Å². The molecule has 0 radical (unpaired) electrons. The zero-order valence-corrected chi connectivity index (χ0v) is 12.7. The molecule has 1 heterocycles. The second kappa shape index (κ2) is 5.75. The van der Waals surface area contributed by atoms with E-state index in [-0.39, 0.29) is 12.6 Å². The van der Waals surface area contributed by atoms with Gasteiger partial charge in [0.05, 0.1) is 16.4 Å². The van der Waals surface area contributed by atoms with Crippen LogP contribution < -0.4 is 0 Å². The van der Waals surface area contributed by atoms with Crippen molar-refractivity contribution in [1.29, 1.82) is 0 Å². The molecule has 0 unspecified atom stereocenters. The molecular weight excluding hydrogens is 342 g/mol. The Balaban J connectivity index is 2.48. The standard InChI is InChI=1S/C13H13F4NO4S/c1-7-5-18(6-9(7)12(19)20)23(21,22)11-3-2-8(14)4-10(11)13(15,16)17/h2-4,7,9H,5-6H2,1H3,(H,19,20)/t7-,9-/m1/s1. The van der Waals surface area contributed by atoms with Crippen LogP contribution in [0.2, 0.25) is 0 Å². The number of carboxylic acid groups (broad SMARTS) is 1. The van der Waals surface area contributed by atoms with E-state index in [1.165, 1.54) is 6.92 Å². The molecule has 1 aliphatic rings. The van der Waals surface area contributed by atoms with Gasteiger partial charge in [0.1, 0.15) is 5.82 Å². The molecule has 0 aliphatic carbocycles. The molecule has 2 rings (SSSR count). The Morgan fingerprint density at radius 1 is 1.30 bits per heavy atom. The molecule has 0 saturated carbocycles. The highest BCUT2D eigenvalue weighted by atomic mass is 32.2. The summed E-state index contributed by atoms with van der Waals surface area (Å²) in [5.74, 6) is -3.98. The zero-order valence-electron chi connectivity index (χ0n) is 11.8. The maximum atomic E-state index is 13.1. The lowest BCUT2D eigenvalue weighted by Gasteiger charge is -2.19. The summed E-state index contributed by atoms with van der Waals surface area (Å²) >= 11 is 0. The molecule has 1 aliphatic heterocycles. The Morgan fingerprint density at radius 2 is 1.91 bits per heavy atom. The fraction of sp³-hybridized carbons (Fsp3) is 0.462. The number of aliphatic carboxylic acids is 1. The van der Waals surface area contributed by atoms with Crippen molar-refractivity contribution < 1.29 is 35.9 Å². The van der Waals surface area contributed by atoms with Crippen molar-refractivity contribution in [3.63, 3.8) is 0 Å². The maximum absolute atomic E-state index is 13.1. The highest BCUT2D eigenvalue weighted by molar-refractivity contribution is 7.89. The number of hydrogen-bond donors (Lipinski definition) is 1. The van der Waals surface area contributed by atoms with Gasteiger partial charge in [-0.15, -0.1) is 0 Å². The largest absolute Gasteiger partial charge is 0.481 e. The Kier molecular flexibility index (Phi) is 4.42. The molecule has 10 heteroatoms. The second-order valence-corrected chi connectivity index (χ2v) is 7.29. The second-order valence-electron chi connectivity index (χ2n) is 5.38. The molecular formula is C13H13F4NO4S. The molecule has 128 valence electrons. The van der Waals surface area contributed by atoms with Crippen molar-refractivity contribution in [2.45, 2.75) is 18.0 Å². The lowest BCUT2D eigenvalue weighted by Crippen LogP contribution is -2.31. The molecule has 23 heavy (non-hydrogen) atoms. The molecule has 1 fully saturated rings. The van der Waals surface area contributed by atoms with Gasteiger partial charge in [0, 0.05) is 13.1 Å². The fourth-order valence-electron chi connectivity index (χ4n) is 2.53. The van der Waals surface area contributed by atoms with Gasteiger partial charge in [0.2, 0.25) is 10.0 Å². The maximum Gasteiger partial charge on any atom is 0.417 e. The normalized spacial score (nSPS) is 23.2. The first kappa shape index (κ1) is 17.7. The van der Waals surface area contributed by atoms with Crippen molar-refractivity contribution in [2.75, 3.05) is 13.1 Å². The van der Waals surface area contributed by atoms with Crippen LogP contribution >= 0.6 is 0 Å². The predicted molar refractivity (Wildman–Crippen MR) is 70.5 cm³/mol. The molecule has 0 aromatic heterocycles. The van der Waals surface area contributed by atoms with Crippen LogP contribution in [-0.2, 0) is 21.0 Å². The van der Waals surface area contributed by atoms with Crippen molar-refractivity contribution >= 4 is 16.0 Å². The summed E-state index contributed by atoms with van der Waals surface area (Å²) in [7, 11) is -4.59. The molecule has 1 aromatic carbocycles. The quantitative estimate of drug-likeness (QED) is 0.844. The van der Waals surface area contributed by atoms with E-state index in [1.54, 1.807) is 0 Å². The van der Waals surface area contributed by atoms with E-state index in [1.807, 2.05) is 0 Å². The third-order valence-electron chi connectivity index (χ3n) is 3.76. The zero-order chi connectivity index (χ0) is 17.6. The van der Waals surface area contributed by atoms with Crippen LogP contribution in [0.4, 0.5) is 17.6 Å². The van der Waals surface area contributed by atoms with Crippen molar-refractivity contribution in [3.05, 3.63) is 29.6 Å². The Bertz CT molecular complexity index is 732. The number of carboxylic acids is 1. The van der Waals surface area contributed by atoms with E-state index >= 15 is 0 Å². The smallest absolute Gasteiger partial charge is 0.417 e. The minimum absolute atomic E-state index is 0.112. The van der Waals surface area contributed by atoms with Gasteiger partial charge in [0.25, 0.3) is 0 Å². The van der Waals surface area contributed by atoms with E-state index in [2.05, 4.69) is 0 Å². The predicted octanol–water partition coefficient (Wildman–Crippen LogP) is 2.19. The first-order valence-electron chi connectivity index (χ1n) is 6.54. The number of hydrogen-bond acceptors (Lipinski definition) is 3.